The second kappa shape index (κ2) is 4.91. The van der Waals surface area contributed by atoms with E-state index in [0.717, 1.165) is 10.7 Å². The van der Waals surface area contributed by atoms with Crippen molar-refractivity contribution >= 4 is 16.2 Å². The summed E-state index contributed by atoms with van der Waals surface area (Å²) in [5, 5.41) is 9.04. The van der Waals surface area contributed by atoms with Crippen molar-refractivity contribution in [3.63, 3.8) is 0 Å². The molecule has 1 unspecified atom stereocenters. The number of nitrogens with one attached hydrogen (secondary N) is 1. The van der Waals surface area contributed by atoms with Crippen LogP contribution in [0.3, 0.4) is 0 Å². The zero-order valence-electron chi connectivity index (χ0n) is 10.4. The van der Waals surface area contributed by atoms with Crippen LogP contribution in [0.25, 0.3) is 0 Å². The smallest absolute Gasteiger partial charge is 0.322 e. The number of carbonyl (C=O) groups is 1. The van der Waals surface area contributed by atoms with Crippen molar-refractivity contribution in [3.05, 3.63) is 0 Å². The van der Waals surface area contributed by atoms with Crippen molar-refractivity contribution in [1.29, 1.82) is 0 Å². The van der Waals surface area contributed by atoms with E-state index < -0.39 is 27.8 Å². The molecule has 0 spiro atoms. The molecule has 0 aliphatic carbocycles. The molecule has 1 fully saturated rings. The van der Waals surface area contributed by atoms with Gasteiger partial charge < -0.3 is 5.11 Å². The topological polar surface area (TPSA) is 86.7 Å². The van der Waals surface area contributed by atoms with E-state index in [4.69, 9.17) is 5.11 Å². The Balaban J connectivity index is 2.91. The molecule has 0 aromatic rings. The van der Waals surface area contributed by atoms with Gasteiger partial charge >= 0.3 is 5.97 Å². The molecule has 100 valence electrons. The van der Waals surface area contributed by atoms with Crippen LogP contribution in [0.5, 0.6) is 0 Å². The highest BCUT2D eigenvalue weighted by molar-refractivity contribution is 7.87. The van der Waals surface area contributed by atoms with Gasteiger partial charge in [0.25, 0.3) is 10.2 Å². The van der Waals surface area contributed by atoms with Crippen molar-refractivity contribution < 1.29 is 18.3 Å². The predicted octanol–water partition coefficient (Wildman–Crippen LogP) is 0.558. The van der Waals surface area contributed by atoms with Crippen molar-refractivity contribution in [2.45, 2.75) is 51.6 Å². The Morgan fingerprint density at radius 2 is 1.94 bits per heavy atom. The predicted molar refractivity (Wildman–Crippen MR) is 63.8 cm³/mol. The van der Waals surface area contributed by atoms with Crippen LogP contribution in [-0.4, -0.2) is 41.9 Å². The monoisotopic (exact) mass is 264 g/mol. The zero-order valence-corrected chi connectivity index (χ0v) is 11.2. The van der Waals surface area contributed by atoms with Gasteiger partial charge in [0.05, 0.1) is 0 Å². The minimum atomic E-state index is -3.73. The maximum atomic E-state index is 12.1. The Kier molecular flexibility index (Phi) is 4.16. The standard InChI is InChI=1S/C10H20N2O4S/c1-10(2,3)11-17(15,16)12-7-5-4-6-8(12)9(13)14/h8,11H,4-7H2,1-3H3,(H,13,14). The van der Waals surface area contributed by atoms with Gasteiger partial charge in [-0.25, -0.2) is 0 Å². The van der Waals surface area contributed by atoms with Crippen LogP contribution >= 0.6 is 0 Å². The molecule has 6 nitrogen and oxygen atoms in total. The normalized spacial score (nSPS) is 23.6. The van der Waals surface area contributed by atoms with Gasteiger partial charge in [0.2, 0.25) is 0 Å². The van der Waals surface area contributed by atoms with Gasteiger partial charge in [0.1, 0.15) is 6.04 Å². The van der Waals surface area contributed by atoms with E-state index in [2.05, 4.69) is 4.72 Å². The largest absolute Gasteiger partial charge is 0.480 e. The maximum absolute atomic E-state index is 12.1. The van der Waals surface area contributed by atoms with E-state index in [9.17, 15) is 13.2 Å². The number of nitrogens with zero attached hydrogens (tertiary/aromatic N) is 1. The van der Waals surface area contributed by atoms with Crippen molar-refractivity contribution in [2.24, 2.45) is 0 Å². The van der Waals surface area contributed by atoms with Crippen LogP contribution in [0.15, 0.2) is 0 Å². The van der Waals surface area contributed by atoms with E-state index in [-0.39, 0.29) is 6.54 Å². The number of carboxylic acids is 1. The molecule has 0 aromatic carbocycles. The minimum absolute atomic E-state index is 0.266. The van der Waals surface area contributed by atoms with E-state index in [0.29, 0.717) is 12.8 Å². The highest BCUT2D eigenvalue weighted by Crippen LogP contribution is 2.21. The summed E-state index contributed by atoms with van der Waals surface area (Å²) in [6.45, 7) is 5.45. The molecule has 1 saturated heterocycles. The first kappa shape index (κ1) is 14.4. The summed E-state index contributed by atoms with van der Waals surface area (Å²) in [6.07, 6.45) is 1.83. The molecule has 2 N–H and O–H groups in total. The Morgan fingerprint density at radius 3 is 2.41 bits per heavy atom. The lowest BCUT2D eigenvalue weighted by atomic mass is 10.1. The zero-order chi connectivity index (χ0) is 13.3. The van der Waals surface area contributed by atoms with E-state index in [1.807, 2.05) is 0 Å². The van der Waals surface area contributed by atoms with Crippen molar-refractivity contribution in [3.8, 4) is 0 Å². The van der Waals surface area contributed by atoms with Gasteiger partial charge in [0, 0.05) is 12.1 Å². The summed E-state index contributed by atoms with van der Waals surface area (Å²) in [5.74, 6) is -1.08. The maximum Gasteiger partial charge on any atom is 0.322 e. The van der Waals surface area contributed by atoms with Crippen LogP contribution in [0.4, 0.5) is 0 Å². The highest BCUT2D eigenvalue weighted by atomic mass is 32.2. The van der Waals surface area contributed by atoms with Crippen LogP contribution < -0.4 is 4.72 Å². The molecule has 1 heterocycles. The number of piperidine rings is 1. The van der Waals surface area contributed by atoms with Gasteiger partial charge in [-0.1, -0.05) is 0 Å². The molecule has 0 amide bonds. The van der Waals surface area contributed by atoms with Crippen LogP contribution in [-0.2, 0) is 15.0 Å². The first-order valence-corrected chi connectivity index (χ1v) is 7.11. The lowest BCUT2D eigenvalue weighted by Gasteiger charge is -2.34. The van der Waals surface area contributed by atoms with Crippen LogP contribution in [0.1, 0.15) is 40.0 Å². The van der Waals surface area contributed by atoms with Gasteiger partial charge in [-0.15, -0.1) is 0 Å². The lowest BCUT2D eigenvalue weighted by molar-refractivity contribution is -0.142. The SMILES string of the molecule is CC(C)(C)NS(=O)(=O)N1CCCCC1C(=O)O. The lowest BCUT2D eigenvalue weighted by Crippen LogP contribution is -2.55. The molecular weight excluding hydrogens is 244 g/mol. The third kappa shape index (κ3) is 3.93. The molecule has 0 aromatic heterocycles. The van der Waals surface area contributed by atoms with E-state index >= 15 is 0 Å². The fourth-order valence-corrected chi connectivity index (χ4v) is 3.68. The third-order valence-corrected chi connectivity index (χ3v) is 4.41. The molecule has 1 rings (SSSR count). The fourth-order valence-electron chi connectivity index (χ4n) is 1.89. The van der Waals surface area contributed by atoms with Crippen molar-refractivity contribution in [1.82, 2.24) is 9.03 Å². The Bertz CT molecular complexity index is 386. The first-order chi connectivity index (χ1) is 7.63. The molecule has 0 bridgehead atoms. The summed E-state index contributed by atoms with van der Waals surface area (Å²) in [7, 11) is -3.73. The number of hydrogen-bond acceptors (Lipinski definition) is 3. The molecule has 1 atom stereocenters. The summed E-state index contributed by atoms with van der Waals surface area (Å²) in [6, 6.07) is -0.941. The quantitative estimate of drug-likeness (QED) is 0.779. The highest BCUT2D eigenvalue weighted by Gasteiger charge is 2.38. The number of hydrogen-bond donors (Lipinski definition) is 2. The van der Waals surface area contributed by atoms with Crippen LogP contribution in [0, 0.1) is 0 Å². The van der Waals surface area contributed by atoms with Gasteiger partial charge in [-0.05, 0) is 40.0 Å². The summed E-state index contributed by atoms with van der Waals surface area (Å²) in [4.78, 5) is 11.0. The average Bonchev–Trinajstić information content (AvgIpc) is 2.14. The number of aliphatic carboxylic acids is 1. The number of rotatable bonds is 3. The molecule has 0 radical (unpaired) electrons. The van der Waals surface area contributed by atoms with E-state index in [1.54, 1.807) is 20.8 Å². The van der Waals surface area contributed by atoms with Gasteiger partial charge in [0.15, 0.2) is 0 Å². The Hall–Kier alpha value is -0.660. The summed E-state index contributed by atoms with van der Waals surface area (Å²) in [5.41, 5.74) is -0.612. The minimum Gasteiger partial charge on any atom is -0.480 e. The Labute approximate surface area is 102 Å². The molecule has 1 aliphatic rings. The molecular formula is C10H20N2O4S. The second-order valence-electron chi connectivity index (χ2n) is 5.32. The van der Waals surface area contributed by atoms with Gasteiger partial charge in [-0.2, -0.15) is 17.4 Å². The first-order valence-electron chi connectivity index (χ1n) is 5.67. The average molecular weight is 264 g/mol. The fraction of sp³-hybridized carbons (Fsp3) is 0.900. The summed E-state index contributed by atoms with van der Waals surface area (Å²) >= 11 is 0. The van der Waals surface area contributed by atoms with Crippen LogP contribution in [0.2, 0.25) is 0 Å². The molecule has 0 saturated carbocycles. The third-order valence-electron chi connectivity index (χ3n) is 2.48. The molecule has 7 heteroatoms. The molecule has 1 aliphatic heterocycles. The van der Waals surface area contributed by atoms with Gasteiger partial charge in [-0.3, -0.25) is 4.79 Å². The second-order valence-corrected chi connectivity index (χ2v) is 6.94. The van der Waals surface area contributed by atoms with Crippen molar-refractivity contribution in [2.75, 3.05) is 6.54 Å². The van der Waals surface area contributed by atoms with E-state index in [1.165, 1.54) is 0 Å². The Morgan fingerprint density at radius 1 is 1.35 bits per heavy atom. The number of carboxylic acid groups (broad SMARTS) is 1. The molecule has 17 heavy (non-hydrogen) atoms. The summed E-state index contributed by atoms with van der Waals surface area (Å²) < 4.78 is 27.7.